The minimum absolute atomic E-state index is 0.111. The van der Waals surface area contributed by atoms with E-state index in [1.54, 1.807) is 18.2 Å². The molecule has 0 radical (unpaired) electrons. The molecule has 0 saturated carbocycles. The van der Waals surface area contributed by atoms with Crippen LogP contribution >= 0.6 is 0 Å². The molecule has 2 rings (SSSR count). The van der Waals surface area contributed by atoms with E-state index < -0.39 is 0 Å². The first-order valence-corrected chi connectivity index (χ1v) is 5.28. The highest BCUT2D eigenvalue weighted by Crippen LogP contribution is 2.21. The Morgan fingerprint density at radius 1 is 1.40 bits per heavy atom. The van der Waals surface area contributed by atoms with Gasteiger partial charge in [-0.25, -0.2) is 4.39 Å². The van der Waals surface area contributed by atoms with E-state index in [2.05, 4.69) is 0 Å². The molecule has 2 nitrogen and oxygen atoms in total. The summed E-state index contributed by atoms with van der Waals surface area (Å²) in [7, 11) is 0. The highest BCUT2D eigenvalue weighted by Gasteiger charge is 2.22. The molecule has 1 aromatic carbocycles. The van der Waals surface area contributed by atoms with Crippen molar-refractivity contribution in [1.82, 2.24) is 0 Å². The highest BCUT2D eigenvalue weighted by atomic mass is 19.1. The van der Waals surface area contributed by atoms with Gasteiger partial charge >= 0.3 is 0 Å². The molecule has 1 aliphatic rings. The zero-order valence-corrected chi connectivity index (χ0v) is 8.78. The van der Waals surface area contributed by atoms with Crippen molar-refractivity contribution in [3.8, 4) is 5.75 Å². The molecule has 3 heteroatoms. The molecule has 1 aromatic rings. The number of rotatable bonds is 3. The molecule has 0 N–H and O–H groups in total. The normalized spacial score (nSPS) is 25.5. The predicted octanol–water partition coefficient (Wildman–Crippen LogP) is 2.77. The van der Waals surface area contributed by atoms with Crippen molar-refractivity contribution >= 4 is 0 Å². The minimum atomic E-state index is -0.316. The summed E-state index contributed by atoms with van der Waals surface area (Å²) in [5, 5.41) is 0. The molecule has 82 valence electrons. The van der Waals surface area contributed by atoms with Crippen molar-refractivity contribution in [2.24, 2.45) is 0 Å². The van der Waals surface area contributed by atoms with Gasteiger partial charge in [-0.3, -0.25) is 0 Å². The fraction of sp³-hybridized carbons (Fsp3) is 0.500. The first kappa shape index (κ1) is 10.4. The molecule has 15 heavy (non-hydrogen) atoms. The lowest BCUT2D eigenvalue weighted by atomic mass is 10.2. The average Bonchev–Trinajstić information content (AvgIpc) is 2.63. The zero-order chi connectivity index (χ0) is 10.7. The van der Waals surface area contributed by atoms with Crippen molar-refractivity contribution in [3.63, 3.8) is 0 Å². The molecular weight excluding hydrogens is 195 g/mol. The Hall–Kier alpha value is -1.09. The minimum Gasteiger partial charge on any atom is -0.488 e. The van der Waals surface area contributed by atoms with E-state index in [0.717, 1.165) is 12.8 Å². The molecule has 0 amide bonds. The van der Waals surface area contributed by atoms with Crippen LogP contribution in [-0.2, 0) is 4.74 Å². The summed E-state index contributed by atoms with van der Waals surface area (Å²) >= 11 is 0. The quantitative estimate of drug-likeness (QED) is 0.763. The third-order valence-corrected chi connectivity index (χ3v) is 2.58. The second kappa shape index (κ2) is 4.62. The Morgan fingerprint density at radius 3 is 2.87 bits per heavy atom. The number of para-hydroxylation sites is 1. The standard InChI is InChI=1S/C12H15FO2/c1-9-6-7-10(15-9)8-14-12-5-3-2-4-11(12)13/h2-5,9-10H,6-8H2,1H3. The maximum atomic E-state index is 13.2. The van der Waals surface area contributed by atoms with Crippen molar-refractivity contribution in [2.75, 3.05) is 6.61 Å². The molecule has 2 atom stereocenters. The smallest absolute Gasteiger partial charge is 0.165 e. The molecule has 0 spiro atoms. The van der Waals surface area contributed by atoms with Crippen LogP contribution in [0.2, 0.25) is 0 Å². The average molecular weight is 210 g/mol. The lowest BCUT2D eigenvalue weighted by Crippen LogP contribution is -2.18. The van der Waals surface area contributed by atoms with E-state index in [9.17, 15) is 4.39 Å². The number of halogens is 1. The first-order valence-electron chi connectivity index (χ1n) is 5.28. The van der Waals surface area contributed by atoms with Crippen molar-refractivity contribution < 1.29 is 13.9 Å². The van der Waals surface area contributed by atoms with Crippen LogP contribution in [-0.4, -0.2) is 18.8 Å². The largest absolute Gasteiger partial charge is 0.488 e. The van der Waals surface area contributed by atoms with Crippen LogP contribution in [0.4, 0.5) is 4.39 Å². The van der Waals surface area contributed by atoms with Crippen LogP contribution in [0.1, 0.15) is 19.8 Å². The number of hydrogen-bond acceptors (Lipinski definition) is 2. The fourth-order valence-electron chi connectivity index (χ4n) is 1.75. The van der Waals surface area contributed by atoms with E-state index >= 15 is 0 Å². The Bertz CT molecular complexity index is 327. The van der Waals surface area contributed by atoms with Gasteiger partial charge in [-0.15, -0.1) is 0 Å². The highest BCUT2D eigenvalue weighted by molar-refractivity contribution is 5.23. The van der Waals surface area contributed by atoms with E-state index in [1.165, 1.54) is 6.07 Å². The van der Waals surface area contributed by atoms with Crippen molar-refractivity contribution in [2.45, 2.75) is 32.0 Å². The monoisotopic (exact) mass is 210 g/mol. The van der Waals surface area contributed by atoms with Crippen LogP contribution in [0.25, 0.3) is 0 Å². The van der Waals surface area contributed by atoms with Gasteiger partial charge in [-0.05, 0) is 31.9 Å². The zero-order valence-electron chi connectivity index (χ0n) is 8.78. The lowest BCUT2D eigenvalue weighted by Gasteiger charge is -2.12. The molecule has 1 heterocycles. The van der Waals surface area contributed by atoms with Crippen LogP contribution in [0.3, 0.4) is 0 Å². The molecule has 0 bridgehead atoms. The van der Waals surface area contributed by atoms with Gasteiger partial charge in [0.1, 0.15) is 6.61 Å². The summed E-state index contributed by atoms with van der Waals surface area (Å²) in [6.07, 6.45) is 2.47. The van der Waals surface area contributed by atoms with E-state index in [-0.39, 0.29) is 11.9 Å². The van der Waals surface area contributed by atoms with Crippen LogP contribution in [0.15, 0.2) is 24.3 Å². The Balaban J connectivity index is 1.86. The maximum Gasteiger partial charge on any atom is 0.165 e. The molecule has 2 unspecified atom stereocenters. The van der Waals surface area contributed by atoms with Gasteiger partial charge in [-0.2, -0.15) is 0 Å². The second-order valence-corrected chi connectivity index (χ2v) is 3.89. The molecule has 1 fully saturated rings. The lowest BCUT2D eigenvalue weighted by molar-refractivity contribution is 0.0256. The second-order valence-electron chi connectivity index (χ2n) is 3.89. The molecule has 1 saturated heterocycles. The molecular formula is C12H15FO2. The Morgan fingerprint density at radius 2 is 2.20 bits per heavy atom. The summed E-state index contributed by atoms with van der Waals surface area (Å²) in [4.78, 5) is 0. The molecule has 0 aromatic heterocycles. The van der Waals surface area contributed by atoms with Crippen LogP contribution in [0, 0.1) is 5.82 Å². The number of hydrogen-bond donors (Lipinski definition) is 0. The third kappa shape index (κ3) is 2.69. The van der Waals surface area contributed by atoms with Crippen molar-refractivity contribution in [1.29, 1.82) is 0 Å². The van der Waals surface area contributed by atoms with Gasteiger partial charge in [0.2, 0.25) is 0 Å². The van der Waals surface area contributed by atoms with Crippen molar-refractivity contribution in [3.05, 3.63) is 30.1 Å². The third-order valence-electron chi connectivity index (χ3n) is 2.58. The van der Waals surface area contributed by atoms with Crippen LogP contribution in [0.5, 0.6) is 5.75 Å². The van der Waals surface area contributed by atoms with Gasteiger partial charge < -0.3 is 9.47 Å². The summed E-state index contributed by atoms with van der Waals surface area (Å²) in [6.45, 7) is 2.48. The van der Waals surface area contributed by atoms with Gasteiger partial charge in [-0.1, -0.05) is 12.1 Å². The summed E-state index contributed by atoms with van der Waals surface area (Å²) in [5.41, 5.74) is 0. The van der Waals surface area contributed by atoms with Gasteiger partial charge in [0.05, 0.1) is 12.2 Å². The Labute approximate surface area is 89.0 Å². The SMILES string of the molecule is CC1CCC(COc2ccccc2F)O1. The van der Waals surface area contributed by atoms with E-state index in [0.29, 0.717) is 18.5 Å². The summed E-state index contributed by atoms with van der Waals surface area (Å²) in [5.74, 6) is -0.0100. The van der Waals surface area contributed by atoms with Gasteiger partial charge in [0, 0.05) is 0 Å². The van der Waals surface area contributed by atoms with Crippen LogP contribution < -0.4 is 4.74 Å². The van der Waals surface area contributed by atoms with E-state index in [4.69, 9.17) is 9.47 Å². The predicted molar refractivity (Wildman–Crippen MR) is 55.5 cm³/mol. The summed E-state index contributed by atoms with van der Waals surface area (Å²) in [6, 6.07) is 6.44. The van der Waals surface area contributed by atoms with Gasteiger partial charge in [0.15, 0.2) is 11.6 Å². The Kier molecular flexibility index (Phi) is 3.21. The summed E-state index contributed by atoms with van der Waals surface area (Å²) < 4.78 is 24.1. The molecule has 1 aliphatic heterocycles. The topological polar surface area (TPSA) is 18.5 Å². The van der Waals surface area contributed by atoms with E-state index in [1.807, 2.05) is 6.92 Å². The first-order chi connectivity index (χ1) is 7.25. The number of ether oxygens (including phenoxy) is 2. The molecule has 0 aliphatic carbocycles. The number of benzene rings is 1. The van der Waals surface area contributed by atoms with Gasteiger partial charge in [0.25, 0.3) is 0 Å². The maximum absolute atomic E-state index is 13.2. The fourth-order valence-corrected chi connectivity index (χ4v) is 1.75.